The maximum atomic E-state index is 12.7. The molecule has 0 spiro atoms. The van der Waals surface area contributed by atoms with E-state index in [1.165, 1.54) is 16.9 Å². The molecule has 2 aromatic heterocycles. The van der Waals surface area contributed by atoms with E-state index in [1.807, 2.05) is 37.3 Å². The second-order valence-electron chi connectivity index (χ2n) is 5.20. The molecule has 3 aromatic rings. The summed E-state index contributed by atoms with van der Waals surface area (Å²) in [6.45, 7) is 2.78. The molecule has 0 aliphatic rings. The number of hydrogen-bond donors (Lipinski definition) is 2. The Morgan fingerprint density at radius 1 is 1.36 bits per heavy atom. The van der Waals surface area contributed by atoms with E-state index in [0.717, 1.165) is 15.8 Å². The Labute approximate surface area is 132 Å². The molecule has 2 N–H and O–H groups in total. The first-order chi connectivity index (χ1) is 10.7. The van der Waals surface area contributed by atoms with E-state index in [0.29, 0.717) is 18.0 Å². The standard InChI is InChI=1S/C16H17N3O2S/c1-11-2-4-12(5-3-11)10-19(6-7-20)16(21)14-8-13-9-17-18-15(13)22-14/h2-5,8-9,20H,6-7,10H2,1H3,(H,17,18). The van der Waals surface area contributed by atoms with E-state index in [1.54, 1.807) is 11.1 Å². The molecule has 0 fully saturated rings. The monoisotopic (exact) mass is 315 g/mol. The number of carbonyl (C=O) groups excluding carboxylic acids is 1. The summed E-state index contributed by atoms with van der Waals surface area (Å²) in [5.41, 5.74) is 2.24. The van der Waals surface area contributed by atoms with Gasteiger partial charge in [0.2, 0.25) is 0 Å². The van der Waals surface area contributed by atoms with Crippen LogP contribution in [0.2, 0.25) is 0 Å². The number of aryl methyl sites for hydroxylation is 1. The lowest BCUT2D eigenvalue weighted by Gasteiger charge is -2.21. The van der Waals surface area contributed by atoms with Crippen molar-refractivity contribution in [2.24, 2.45) is 0 Å². The number of benzene rings is 1. The fourth-order valence-electron chi connectivity index (χ4n) is 2.30. The molecule has 0 saturated heterocycles. The van der Waals surface area contributed by atoms with Gasteiger partial charge in [-0.25, -0.2) is 0 Å². The molecule has 5 nitrogen and oxygen atoms in total. The van der Waals surface area contributed by atoms with Crippen LogP contribution in [0.25, 0.3) is 10.2 Å². The van der Waals surface area contributed by atoms with Crippen LogP contribution in [0, 0.1) is 6.92 Å². The van der Waals surface area contributed by atoms with Crippen molar-refractivity contribution < 1.29 is 9.90 Å². The predicted octanol–water partition coefficient (Wildman–Crippen LogP) is 2.57. The van der Waals surface area contributed by atoms with Gasteiger partial charge in [0.25, 0.3) is 5.91 Å². The lowest BCUT2D eigenvalue weighted by Crippen LogP contribution is -2.32. The highest BCUT2D eigenvalue weighted by molar-refractivity contribution is 7.20. The van der Waals surface area contributed by atoms with E-state index in [2.05, 4.69) is 10.2 Å². The van der Waals surface area contributed by atoms with Gasteiger partial charge < -0.3 is 10.0 Å². The second-order valence-corrected chi connectivity index (χ2v) is 6.25. The topological polar surface area (TPSA) is 69.2 Å². The molecular weight excluding hydrogens is 298 g/mol. The molecule has 3 rings (SSSR count). The molecule has 0 bridgehead atoms. The summed E-state index contributed by atoms with van der Waals surface area (Å²) >= 11 is 1.39. The number of aromatic nitrogens is 2. The largest absolute Gasteiger partial charge is 0.395 e. The first-order valence-electron chi connectivity index (χ1n) is 7.06. The van der Waals surface area contributed by atoms with Crippen LogP contribution >= 0.6 is 11.3 Å². The van der Waals surface area contributed by atoms with Crippen LogP contribution in [0.1, 0.15) is 20.8 Å². The average Bonchev–Trinajstić information content (AvgIpc) is 3.09. The molecule has 2 heterocycles. The van der Waals surface area contributed by atoms with E-state index in [-0.39, 0.29) is 12.5 Å². The SMILES string of the molecule is Cc1ccc(CN(CCO)C(=O)c2cc3cn[nH]c3s2)cc1. The summed E-state index contributed by atoms with van der Waals surface area (Å²) in [4.78, 5) is 15.9. The second kappa shape index (κ2) is 6.29. The van der Waals surface area contributed by atoms with E-state index >= 15 is 0 Å². The number of nitrogens with one attached hydrogen (secondary N) is 1. The molecule has 0 atom stereocenters. The van der Waals surface area contributed by atoms with Gasteiger partial charge in [0.15, 0.2) is 0 Å². The van der Waals surface area contributed by atoms with Gasteiger partial charge in [0.1, 0.15) is 4.83 Å². The minimum atomic E-state index is -0.0655. The van der Waals surface area contributed by atoms with Crippen molar-refractivity contribution in [3.8, 4) is 0 Å². The zero-order valence-corrected chi connectivity index (χ0v) is 13.1. The van der Waals surface area contributed by atoms with Gasteiger partial charge in [-0.2, -0.15) is 5.10 Å². The third-order valence-corrected chi connectivity index (χ3v) is 4.54. The summed E-state index contributed by atoms with van der Waals surface area (Å²) in [5.74, 6) is -0.0655. The van der Waals surface area contributed by atoms with Gasteiger partial charge >= 0.3 is 0 Å². The fourth-order valence-corrected chi connectivity index (χ4v) is 3.25. The van der Waals surface area contributed by atoms with Crippen LogP contribution in [0.3, 0.4) is 0 Å². The fraction of sp³-hybridized carbons (Fsp3) is 0.250. The van der Waals surface area contributed by atoms with Crippen LogP contribution in [-0.4, -0.2) is 39.3 Å². The van der Waals surface area contributed by atoms with Crippen molar-refractivity contribution in [1.82, 2.24) is 15.1 Å². The molecule has 114 valence electrons. The van der Waals surface area contributed by atoms with Gasteiger partial charge in [0, 0.05) is 18.5 Å². The van der Waals surface area contributed by atoms with Crippen LogP contribution < -0.4 is 0 Å². The Balaban J connectivity index is 1.81. The van der Waals surface area contributed by atoms with E-state index in [9.17, 15) is 9.90 Å². The van der Waals surface area contributed by atoms with Gasteiger partial charge in [0.05, 0.1) is 17.7 Å². The first-order valence-corrected chi connectivity index (χ1v) is 7.87. The summed E-state index contributed by atoms with van der Waals surface area (Å²) < 4.78 is 0. The highest BCUT2D eigenvalue weighted by atomic mass is 32.1. The normalized spacial score (nSPS) is 11.0. The smallest absolute Gasteiger partial charge is 0.264 e. The predicted molar refractivity (Wildman–Crippen MR) is 87.0 cm³/mol. The minimum Gasteiger partial charge on any atom is -0.395 e. The Morgan fingerprint density at radius 3 is 2.82 bits per heavy atom. The summed E-state index contributed by atoms with van der Waals surface area (Å²) in [7, 11) is 0. The number of H-pyrrole nitrogens is 1. The highest BCUT2D eigenvalue weighted by Crippen LogP contribution is 2.24. The third kappa shape index (κ3) is 3.03. The van der Waals surface area contributed by atoms with Crippen LogP contribution in [0.4, 0.5) is 0 Å². The van der Waals surface area contributed by atoms with Crippen molar-refractivity contribution in [1.29, 1.82) is 0 Å². The number of aromatic amines is 1. The minimum absolute atomic E-state index is 0.0532. The summed E-state index contributed by atoms with van der Waals surface area (Å²) in [5, 5.41) is 17.0. The number of aliphatic hydroxyl groups excluding tert-OH is 1. The number of fused-ring (bicyclic) bond motifs is 1. The van der Waals surface area contributed by atoms with Crippen molar-refractivity contribution in [2.75, 3.05) is 13.2 Å². The molecule has 0 unspecified atom stereocenters. The molecule has 0 aliphatic carbocycles. The molecule has 0 radical (unpaired) electrons. The first kappa shape index (κ1) is 14.7. The lowest BCUT2D eigenvalue weighted by atomic mass is 10.1. The number of rotatable bonds is 5. The Hall–Kier alpha value is -2.18. The third-order valence-electron chi connectivity index (χ3n) is 3.49. The number of nitrogens with zero attached hydrogens (tertiary/aromatic N) is 2. The highest BCUT2D eigenvalue weighted by Gasteiger charge is 2.18. The maximum Gasteiger partial charge on any atom is 0.264 e. The average molecular weight is 315 g/mol. The Bertz CT molecular complexity index is 748. The van der Waals surface area contributed by atoms with Crippen molar-refractivity contribution >= 4 is 27.5 Å². The van der Waals surface area contributed by atoms with Crippen molar-refractivity contribution in [3.63, 3.8) is 0 Å². The lowest BCUT2D eigenvalue weighted by molar-refractivity contribution is 0.0713. The molecule has 0 saturated carbocycles. The van der Waals surface area contributed by atoms with Gasteiger partial charge in [-0.3, -0.25) is 9.89 Å². The summed E-state index contributed by atoms with van der Waals surface area (Å²) in [6, 6.07) is 9.91. The Kier molecular flexibility index (Phi) is 4.22. The molecule has 6 heteroatoms. The zero-order valence-electron chi connectivity index (χ0n) is 12.2. The molecule has 1 aromatic carbocycles. The van der Waals surface area contributed by atoms with E-state index < -0.39 is 0 Å². The number of amides is 1. The number of hydrogen-bond acceptors (Lipinski definition) is 4. The number of aliphatic hydroxyl groups is 1. The molecule has 1 amide bonds. The summed E-state index contributed by atoms with van der Waals surface area (Å²) in [6.07, 6.45) is 1.71. The van der Waals surface area contributed by atoms with Crippen molar-refractivity contribution in [3.05, 3.63) is 52.5 Å². The van der Waals surface area contributed by atoms with Gasteiger partial charge in [-0.05, 0) is 18.6 Å². The van der Waals surface area contributed by atoms with Crippen LogP contribution in [-0.2, 0) is 6.54 Å². The van der Waals surface area contributed by atoms with Gasteiger partial charge in [-0.1, -0.05) is 29.8 Å². The quantitative estimate of drug-likeness (QED) is 0.760. The van der Waals surface area contributed by atoms with E-state index in [4.69, 9.17) is 0 Å². The van der Waals surface area contributed by atoms with Crippen LogP contribution in [0.15, 0.2) is 36.5 Å². The molecule has 0 aliphatic heterocycles. The van der Waals surface area contributed by atoms with Gasteiger partial charge in [-0.15, -0.1) is 11.3 Å². The maximum absolute atomic E-state index is 12.7. The molecule has 22 heavy (non-hydrogen) atoms. The number of carbonyl (C=O) groups is 1. The van der Waals surface area contributed by atoms with Crippen molar-refractivity contribution in [2.45, 2.75) is 13.5 Å². The number of thiophene rings is 1. The zero-order chi connectivity index (χ0) is 15.5. The Morgan fingerprint density at radius 2 is 2.14 bits per heavy atom. The van der Waals surface area contributed by atoms with Crippen LogP contribution in [0.5, 0.6) is 0 Å². The molecular formula is C16H17N3O2S.